The third kappa shape index (κ3) is 5.93. The number of benzene rings is 2. The van der Waals surface area contributed by atoms with Crippen molar-refractivity contribution >= 4 is 29.0 Å². The molecule has 2 aromatic rings. The average molecular weight is 414 g/mol. The zero-order valence-corrected chi connectivity index (χ0v) is 17.4. The van der Waals surface area contributed by atoms with Gasteiger partial charge in [0.1, 0.15) is 5.82 Å². The molecule has 3 N–H and O–H groups in total. The first-order valence-electron chi connectivity index (χ1n) is 9.91. The first-order chi connectivity index (χ1) is 14.3. The van der Waals surface area contributed by atoms with Gasteiger partial charge in [0.25, 0.3) is 0 Å². The third-order valence-electron chi connectivity index (χ3n) is 4.67. The van der Waals surface area contributed by atoms with Gasteiger partial charge in [-0.05, 0) is 49.7 Å². The van der Waals surface area contributed by atoms with Gasteiger partial charge in [0.2, 0.25) is 5.91 Å². The van der Waals surface area contributed by atoms with E-state index in [1.54, 1.807) is 30.3 Å². The summed E-state index contributed by atoms with van der Waals surface area (Å²) in [6.07, 6.45) is 0.0572. The number of carbonyl (C=O) groups excluding carboxylic acids is 2. The lowest BCUT2D eigenvalue weighted by molar-refractivity contribution is -0.114. The average Bonchev–Trinajstić information content (AvgIpc) is 2.65. The number of nitrogens with one attached hydrogen (secondary N) is 3. The minimum absolute atomic E-state index is 0.0286. The number of morpholine rings is 1. The van der Waals surface area contributed by atoms with E-state index in [2.05, 4.69) is 16.0 Å². The maximum absolute atomic E-state index is 14.6. The van der Waals surface area contributed by atoms with Crippen LogP contribution in [-0.4, -0.2) is 37.2 Å². The summed E-state index contributed by atoms with van der Waals surface area (Å²) in [6.45, 7) is 6.86. The molecule has 1 aliphatic rings. The fourth-order valence-electron chi connectivity index (χ4n) is 3.54. The summed E-state index contributed by atoms with van der Waals surface area (Å²) in [5, 5.41) is 8.07. The first kappa shape index (κ1) is 21.6. The second-order valence-electron chi connectivity index (χ2n) is 7.52. The van der Waals surface area contributed by atoms with Gasteiger partial charge in [0.15, 0.2) is 0 Å². The van der Waals surface area contributed by atoms with Crippen molar-refractivity contribution in [2.45, 2.75) is 39.5 Å². The molecule has 1 heterocycles. The van der Waals surface area contributed by atoms with Crippen LogP contribution in [0.4, 0.5) is 26.2 Å². The van der Waals surface area contributed by atoms with E-state index in [9.17, 15) is 14.0 Å². The highest BCUT2D eigenvalue weighted by Gasteiger charge is 2.24. The number of hydrogen-bond donors (Lipinski definition) is 3. The Kier molecular flexibility index (Phi) is 6.89. The lowest BCUT2D eigenvalue weighted by Crippen LogP contribution is -2.45. The van der Waals surface area contributed by atoms with Crippen LogP contribution in [0.3, 0.4) is 0 Å². The molecule has 0 spiro atoms. The summed E-state index contributed by atoms with van der Waals surface area (Å²) >= 11 is 0. The highest BCUT2D eigenvalue weighted by atomic mass is 19.1. The highest BCUT2D eigenvalue weighted by molar-refractivity contribution is 5.90. The number of urea groups is 1. The van der Waals surface area contributed by atoms with Gasteiger partial charge in [-0.1, -0.05) is 12.1 Å². The minimum Gasteiger partial charge on any atom is -0.372 e. The third-order valence-corrected chi connectivity index (χ3v) is 4.67. The molecule has 160 valence electrons. The van der Waals surface area contributed by atoms with E-state index in [1.807, 2.05) is 24.8 Å². The van der Waals surface area contributed by atoms with Crippen LogP contribution in [0.15, 0.2) is 42.5 Å². The number of hydrogen-bond acceptors (Lipinski definition) is 4. The predicted molar refractivity (Wildman–Crippen MR) is 115 cm³/mol. The number of rotatable bonds is 5. The molecule has 8 heteroatoms. The summed E-state index contributed by atoms with van der Waals surface area (Å²) in [6, 6.07) is 11.4. The molecule has 0 aromatic heterocycles. The Hall–Kier alpha value is -3.13. The smallest absolute Gasteiger partial charge is 0.319 e. The van der Waals surface area contributed by atoms with Gasteiger partial charge < -0.3 is 25.6 Å². The fourth-order valence-corrected chi connectivity index (χ4v) is 3.54. The summed E-state index contributed by atoms with van der Waals surface area (Å²) in [7, 11) is 0. The Morgan fingerprint density at radius 2 is 1.77 bits per heavy atom. The van der Waals surface area contributed by atoms with Crippen molar-refractivity contribution in [2.75, 3.05) is 28.6 Å². The van der Waals surface area contributed by atoms with E-state index in [0.29, 0.717) is 30.2 Å². The van der Waals surface area contributed by atoms with E-state index in [4.69, 9.17) is 4.74 Å². The maximum atomic E-state index is 14.6. The SMILES string of the molecule is CC(=O)Nc1cccc(CNC(=O)Nc2ccc(N3CC(C)OC(C)C3)c(F)c2)c1. The monoisotopic (exact) mass is 414 g/mol. The summed E-state index contributed by atoms with van der Waals surface area (Å²) in [4.78, 5) is 25.3. The molecule has 2 unspecified atom stereocenters. The van der Waals surface area contributed by atoms with Crippen LogP contribution in [0.5, 0.6) is 0 Å². The Morgan fingerprint density at radius 3 is 2.43 bits per heavy atom. The molecule has 30 heavy (non-hydrogen) atoms. The Balaban J connectivity index is 1.57. The van der Waals surface area contributed by atoms with E-state index in [-0.39, 0.29) is 24.7 Å². The second kappa shape index (κ2) is 9.58. The Bertz CT molecular complexity index is 911. The van der Waals surface area contributed by atoms with Crippen molar-refractivity contribution in [1.29, 1.82) is 0 Å². The standard InChI is InChI=1S/C22H27FN4O3/c1-14-12-27(13-15(2)30-14)21-8-7-19(10-20(21)23)26-22(29)24-11-17-5-4-6-18(9-17)25-16(3)28/h4-10,14-15H,11-13H2,1-3H3,(H,25,28)(H2,24,26,29). The molecule has 1 aliphatic heterocycles. The van der Waals surface area contributed by atoms with Crippen molar-refractivity contribution in [3.8, 4) is 0 Å². The molecule has 2 atom stereocenters. The Morgan fingerprint density at radius 1 is 1.07 bits per heavy atom. The van der Waals surface area contributed by atoms with Crippen molar-refractivity contribution < 1.29 is 18.7 Å². The van der Waals surface area contributed by atoms with Crippen molar-refractivity contribution in [3.63, 3.8) is 0 Å². The normalized spacial score (nSPS) is 18.6. The van der Waals surface area contributed by atoms with E-state index >= 15 is 0 Å². The van der Waals surface area contributed by atoms with E-state index in [0.717, 1.165) is 5.56 Å². The number of anilines is 3. The predicted octanol–water partition coefficient (Wildman–Crippen LogP) is 3.72. The lowest BCUT2D eigenvalue weighted by atomic mass is 10.2. The number of halogens is 1. The molecular formula is C22H27FN4O3. The van der Waals surface area contributed by atoms with Gasteiger partial charge in [-0.2, -0.15) is 0 Å². The van der Waals surface area contributed by atoms with Gasteiger partial charge in [-0.3, -0.25) is 4.79 Å². The molecular weight excluding hydrogens is 387 g/mol. The van der Waals surface area contributed by atoms with Crippen LogP contribution < -0.4 is 20.9 Å². The van der Waals surface area contributed by atoms with Gasteiger partial charge in [0, 0.05) is 37.9 Å². The quantitative estimate of drug-likeness (QED) is 0.696. The largest absolute Gasteiger partial charge is 0.372 e. The van der Waals surface area contributed by atoms with E-state index in [1.165, 1.54) is 13.0 Å². The maximum Gasteiger partial charge on any atom is 0.319 e. The molecule has 0 bridgehead atoms. The van der Waals surface area contributed by atoms with Gasteiger partial charge in [-0.15, -0.1) is 0 Å². The second-order valence-corrected chi connectivity index (χ2v) is 7.52. The summed E-state index contributed by atoms with van der Waals surface area (Å²) in [5.74, 6) is -0.554. The lowest BCUT2D eigenvalue weighted by Gasteiger charge is -2.37. The molecule has 1 saturated heterocycles. The molecule has 2 aromatic carbocycles. The van der Waals surface area contributed by atoms with Crippen molar-refractivity contribution in [1.82, 2.24) is 5.32 Å². The first-order valence-corrected chi connectivity index (χ1v) is 9.91. The van der Waals surface area contributed by atoms with Crippen LogP contribution in [0, 0.1) is 5.82 Å². The molecule has 0 saturated carbocycles. The topological polar surface area (TPSA) is 82.7 Å². The van der Waals surface area contributed by atoms with Crippen LogP contribution in [-0.2, 0) is 16.1 Å². The van der Waals surface area contributed by atoms with Crippen molar-refractivity contribution in [3.05, 3.63) is 53.8 Å². The van der Waals surface area contributed by atoms with Gasteiger partial charge >= 0.3 is 6.03 Å². The van der Waals surface area contributed by atoms with Crippen LogP contribution in [0.25, 0.3) is 0 Å². The number of amides is 3. The van der Waals surface area contributed by atoms with Crippen LogP contribution in [0.2, 0.25) is 0 Å². The minimum atomic E-state index is -0.444. The summed E-state index contributed by atoms with van der Waals surface area (Å²) < 4.78 is 20.3. The molecule has 3 rings (SSSR count). The van der Waals surface area contributed by atoms with Crippen LogP contribution >= 0.6 is 0 Å². The number of nitrogens with zero attached hydrogens (tertiary/aromatic N) is 1. The molecule has 0 aliphatic carbocycles. The van der Waals surface area contributed by atoms with E-state index < -0.39 is 11.8 Å². The molecule has 3 amide bonds. The molecule has 1 fully saturated rings. The zero-order valence-electron chi connectivity index (χ0n) is 17.4. The molecule has 0 radical (unpaired) electrons. The highest BCUT2D eigenvalue weighted by Crippen LogP contribution is 2.26. The molecule has 7 nitrogen and oxygen atoms in total. The number of ether oxygens (including phenoxy) is 1. The van der Waals surface area contributed by atoms with Crippen LogP contribution in [0.1, 0.15) is 26.3 Å². The van der Waals surface area contributed by atoms with Gasteiger partial charge in [0.05, 0.1) is 17.9 Å². The van der Waals surface area contributed by atoms with Crippen molar-refractivity contribution in [2.24, 2.45) is 0 Å². The van der Waals surface area contributed by atoms with Gasteiger partial charge in [-0.25, -0.2) is 9.18 Å². The fraction of sp³-hybridized carbons (Fsp3) is 0.364. The zero-order chi connectivity index (χ0) is 21.7. The Labute approximate surface area is 175 Å². The number of carbonyl (C=O) groups is 2. The summed E-state index contributed by atoms with van der Waals surface area (Å²) in [5.41, 5.74) is 2.35.